The van der Waals surface area contributed by atoms with Gasteiger partial charge in [-0.25, -0.2) is 9.59 Å². The monoisotopic (exact) mass is 294 g/mol. The van der Waals surface area contributed by atoms with Crippen molar-refractivity contribution in [3.05, 3.63) is 24.3 Å². The first-order chi connectivity index (χ1) is 9.84. The van der Waals surface area contributed by atoms with Gasteiger partial charge in [0, 0.05) is 17.1 Å². The predicted octanol–water partition coefficient (Wildman–Crippen LogP) is 2.72. The summed E-state index contributed by atoms with van der Waals surface area (Å²) in [5.41, 5.74) is -0.0825. The van der Waals surface area contributed by atoms with E-state index >= 15 is 0 Å². The number of hydrogen-bond acceptors (Lipinski definition) is 5. The van der Waals surface area contributed by atoms with Crippen molar-refractivity contribution in [2.45, 2.75) is 45.1 Å². The molecule has 116 valence electrons. The number of ether oxygens (including phenoxy) is 1. The molecule has 2 saturated carbocycles. The Labute approximate surface area is 124 Å². The summed E-state index contributed by atoms with van der Waals surface area (Å²) < 4.78 is 5.66. The van der Waals surface area contributed by atoms with Crippen LogP contribution >= 0.6 is 0 Å². The summed E-state index contributed by atoms with van der Waals surface area (Å²) in [6.07, 6.45) is 3.94. The lowest BCUT2D eigenvalue weighted by molar-refractivity contribution is -0.294. The molecular weight excluding hydrogens is 272 g/mol. The zero-order valence-electron chi connectivity index (χ0n) is 12.6. The van der Waals surface area contributed by atoms with Gasteiger partial charge in [-0.3, -0.25) is 4.89 Å². The molecule has 5 nitrogen and oxygen atoms in total. The van der Waals surface area contributed by atoms with Gasteiger partial charge in [0.1, 0.15) is 12.2 Å². The smallest absolute Gasteiger partial charge is 0.368 e. The van der Waals surface area contributed by atoms with Gasteiger partial charge >= 0.3 is 11.9 Å². The molecule has 0 aliphatic heterocycles. The van der Waals surface area contributed by atoms with Gasteiger partial charge in [-0.05, 0) is 45.4 Å². The van der Waals surface area contributed by atoms with Gasteiger partial charge in [-0.1, -0.05) is 13.2 Å². The Morgan fingerprint density at radius 2 is 1.81 bits per heavy atom. The lowest BCUT2D eigenvalue weighted by Gasteiger charge is -2.36. The Hall–Kier alpha value is -1.62. The molecule has 5 heteroatoms. The topological polar surface area (TPSA) is 61.8 Å². The molecule has 2 aliphatic rings. The maximum atomic E-state index is 11.9. The Morgan fingerprint density at radius 1 is 1.14 bits per heavy atom. The first kappa shape index (κ1) is 15.8. The van der Waals surface area contributed by atoms with Crippen molar-refractivity contribution in [3.63, 3.8) is 0 Å². The quantitative estimate of drug-likeness (QED) is 0.326. The minimum atomic E-state index is -0.700. The Balaban J connectivity index is 2.00. The lowest BCUT2D eigenvalue weighted by atomic mass is 9.84. The molecule has 0 heterocycles. The highest BCUT2D eigenvalue weighted by atomic mass is 17.2. The van der Waals surface area contributed by atoms with Gasteiger partial charge < -0.3 is 4.74 Å². The fourth-order valence-electron chi connectivity index (χ4n) is 3.25. The third-order valence-electron chi connectivity index (χ3n) is 4.35. The summed E-state index contributed by atoms with van der Waals surface area (Å²) in [5.74, 6) is -0.223. The van der Waals surface area contributed by atoms with E-state index in [9.17, 15) is 9.59 Å². The summed E-state index contributed by atoms with van der Waals surface area (Å²) >= 11 is 0. The maximum absolute atomic E-state index is 11.9. The summed E-state index contributed by atoms with van der Waals surface area (Å²) in [4.78, 5) is 33.0. The van der Waals surface area contributed by atoms with Crippen molar-refractivity contribution in [1.29, 1.82) is 0 Å². The molecule has 0 aromatic rings. The van der Waals surface area contributed by atoms with E-state index in [0.717, 1.165) is 25.7 Å². The largest absolute Gasteiger partial charge is 0.453 e. The van der Waals surface area contributed by atoms with Crippen LogP contribution in [0.1, 0.15) is 39.5 Å². The van der Waals surface area contributed by atoms with E-state index in [2.05, 4.69) is 18.0 Å². The van der Waals surface area contributed by atoms with Crippen molar-refractivity contribution in [2.75, 3.05) is 6.61 Å². The Morgan fingerprint density at radius 3 is 2.29 bits per heavy atom. The highest BCUT2D eigenvalue weighted by Gasteiger charge is 2.54. The average Bonchev–Trinajstić information content (AvgIpc) is 2.98. The SMILES string of the molecule is C=C(C)C(=O)OOCC1(OC(=O)C(=C)C)CC2CCC1C2. The molecular formula is C16H22O5. The van der Waals surface area contributed by atoms with Crippen LogP contribution in [0.3, 0.4) is 0 Å². The predicted molar refractivity (Wildman–Crippen MR) is 75.9 cm³/mol. The number of carbonyl (C=O) groups excluding carboxylic acids is 2. The van der Waals surface area contributed by atoms with Crippen LogP contribution in [-0.4, -0.2) is 24.1 Å². The normalized spacial score (nSPS) is 30.0. The van der Waals surface area contributed by atoms with E-state index in [0.29, 0.717) is 11.5 Å². The van der Waals surface area contributed by atoms with Crippen LogP contribution < -0.4 is 0 Å². The number of rotatable bonds is 6. The molecule has 0 saturated heterocycles. The van der Waals surface area contributed by atoms with Crippen LogP contribution in [0.4, 0.5) is 0 Å². The molecule has 0 spiro atoms. The van der Waals surface area contributed by atoms with Crippen molar-refractivity contribution >= 4 is 11.9 Å². The van der Waals surface area contributed by atoms with Gasteiger partial charge in [0.25, 0.3) is 0 Å². The minimum absolute atomic E-state index is 0.0617. The molecule has 21 heavy (non-hydrogen) atoms. The fraction of sp³-hybridized carbons (Fsp3) is 0.625. The third kappa shape index (κ3) is 3.35. The summed E-state index contributed by atoms with van der Waals surface area (Å²) in [6, 6.07) is 0. The van der Waals surface area contributed by atoms with Gasteiger partial charge in [-0.2, -0.15) is 4.89 Å². The molecule has 3 unspecified atom stereocenters. The Kier molecular flexibility index (Phi) is 4.52. The second kappa shape index (κ2) is 6.02. The zero-order chi connectivity index (χ0) is 15.6. The maximum Gasteiger partial charge on any atom is 0.368 e. The minimum Gasteiger partial charge on any atom is -0.453 e. The molecule has 0 radical (unpaired) electrons. The van der Waals surface area contributed by atoms with Gasteiger partial charge in [0.05, 0.1) is 0 Å². The van der Waals surface area contributed by atoms with Crippen molar-refractivity contribution in [2.24, 2.45) is 11.8 Å². The van der Waals surface area contributed by atoms with E-state index in [1.807, 2.05) is 0 Å². The van der Waals surface area contributed by atoms with Crippen LogP contribution in [0.25, 0.3) is 0 Å². The molecule has 2 aliphatic carbocycles. The first-order valence-electron chi connectivity index (χ1n) is 7.22. The highest BCUT2D eigenvalue weighted by Crippen LogP contribution is 2.53. The fourth-order valence-corrected chi connectivity index (χ4v) is 3.25. The van der Waals surface area contributed by atoms with Crippen molar-refractivity contribution in [3.8, 4) is 0 Å². The molecule has 0 aromatic heterocycles. The van der Waals surface area contributed by atoms with E-state index in [1.165, 1.54) is 0 Å². The van der Waals surface area contributed by atoms with Gasteiger partial charge in [0.15, 0.2) is 0 Å². The number of carbonyl (C=O) groups is 2. The van der Waals surface area contributed by atoms with Gasteiger partial charge in [-0.15, -0.1) is 0 Å². The Bertz CT molecular complexity index is 481. The molecule has 2 fully saturated rings. The molecule has 0 aromatic carbocycles. The van der Waals surface area contributed by atoms with Gasteiger partial charge in [0.2, 0.25) is 0 Å². The second-order valence-corrected chi connectivity index (χ2v) is 6.23. The molecule has 0 amide bonds. The molecule has 3 atom stereocenters. The van der Waals surface area contributed by atoms with E-state index in [4.69, 9.17) is 9.62 Å². The van der Waals surface area contributed by atoms with Crippen LogP contribution in [0.15, 0.2) is 24.3 Å². The standard InChI is InChI=1S/C16H22O5/c1-10(2)14(17)20-16(8-12-5-6-13(16)7-12)9-19-21-15(18)11(3)4/h12-13H,1,3,5-9H2,2,4H3. The van der Waals surface area contributed by atoms with Crippen LogP contribution in [0.2, 0.25) is 0 Å². The van der Waals surface area contributed by atoms with Crippen LogP contribution in [0, 0.1) is 11.8 Å². The van der Waals surface area contributed by atoms with Crippen molar-refractivity contribution in [1.82, 2.24) is 0 Å². The van der Waals surface area contributed by atoms with E-state index in [1.54, 1.807) is 13.8 Å². The summed E-state index contributed by atoms with van der Waals surface area (Å²) in [7, 11) is 0. The third-order valence-corrected chi connectivity index (χ3v) is 4.35. The van der Waals surface area contributed by atoms with E-state index in [-0.39, 0.29) is 18.1 Å². The zero-order valence-corrected chi connectivity index (χ0v) is 12.6. The molecule has 2 bridgehead atoms. The van der Waals surface area contributed by atoms with Crippen LogP contribution in [-0.2, 0) is 24.1 Å². The number of esters is 1. The molecule has 2 rings (SSSR count). The van der Waals surface area contributed by atoms with E-state index < -0.39 is 17.5 Å². The summed E-state index contributed by atoms with van der Waals surface area (Å²) in [6.45, 7) is 10.3. The second-order valence-electron chi connectivity index (χ2n) is 6.23. The number of fused-ring (bicyclic) bond motifs is 2. The van der Waals surface area contributed by atoms with Crippen LogP contribution in [0.5, 0.6) is 0 Å². The average molecular weight is 294 g/mol. The number of hydrogen-bond donors (Lipinski definition) is 0. The first-order valence-corrected chi connectivity index (χ1v) is 7.22. The molecule has 0 N–H and O–H groups in total. The lowest BCUT2D eigenvalue weighted by Crippen LogP contribution is -2.45. The summed E-state index contributed by atoms with van der Waals surface area (Å²) in [5, 5.41) is 0. The highest BCUT2D eigenvalue weighted by molar-refractivity contribution is 5.87. The van der Waals surface area contributed by atoms with Crippen molar-refractivity contribution < 1.29 is 24.1 Å².